The Morgan fingerprint density at radius 3 is 2.61 bits per heavy atom. The Labute approximate surface area is 140 Å². The zero-order chi connectivity index (χ0) is 17.0. The second-order valence-corrected chi connectivity index (χ2v) is 8.21. The summed E-state index contributed by atoms with van der Waals surface area (Å²) in [7, 11) is 0.917. The van der Waals surface area contributed by atoms with Gasteiger partial charge in [-0.1, -0.05) is 6.07 Å². The molecule has 23 heavy (non-hydrogen) atoms. The van der Waals surface area contributed by atoms with Crippen LogP contribution in [0.25, 0.3) is 0 Å². The van der Waals surface area contributed by atoms with Gasteiger partial charge in [-0.25, -0.2) is 0 Å². The first-order chi connectivity index (χ1) is 10.8. The highest BCUT2D eigenvalue weighted by atomic mass is 32.2. The maximum Gasteiger partial charge on any atom is 0.251 e. The monoisotopic (exact) mass is 338 g/mol. The molecule has 1 aliphatic heterocycles. The van der Waals surface area contributed by atoms with E-state index in [0.29, 0.717) is 23.6 Å². The Balaban J connectivity index is 1.96. The number of nitrogens with zero attached hydrogens (tertiary/aromatic N) is 1. The maximum absolute atomic E-state index is 12.4. The fourth-order valence-corrected chi connectivity index (χ4v) is 3.77. The van der Waals surface area contributed by atoms with E-state index in [1.54, 1.807) is 13.2 Å². The van der Waals surface area contributed by atoms with Crippen molar-refractivity contribution in [2.75, 3.05) is 38.2 Å². The molecule has 0 aliphatic carbocycles. The van der Waals surface area contributed by atoms with Gasteiger partial charge < -0.3 is 10.1 Å². The van der Waals surface area contributed by atoms with Crippen LogP contribution >= 0.6 is 0 Å². The van der Waals surface area contributed by atoms with Gasteiger partial charge in [0, 0.05) is 53.0 Å². The van der Waals surface area contributed by atoms with E-state index >= 15 is 0 Å². The van der Waals surface area contributed by atoms with Crippen molar-refractivity contribution in [3.63, 3.8) is 0 Å². The standard InChI is InChI=1S/C17H26N2O3S/c1-13-5-6-14(11-15(13)22-4)16(20)18-12-17(2,3)19-7-9-23(21)10-8-19/h5-6,11H,7-10,12H2,1-4H3,(H,18,20). The highest BCUT2D eigenvalue weighted by molar-refractivity contribution is 7.85. The molecule has 0 bridgehead atoms. The SMILES string of the molecule is COc1cc(C(=O)NCC(C)(C)N2CCS(=O)CC2)ccc1C. The Morgan fingerprint density at radius 2 is 2.00 bits per heavy atom. The molecule has 1 aromatic carbocycles. The van der Waals surface area contributed by atoms with E-state index in [1.165, 1.54) is 0 Å². The fourth-order valence-electron chi connectivity index (χ4n) is 2.71. The molecule has 128 valence electrons. The molecule has 0 spiro atoms. The molecule has 5 nitrogen and oxygen atoms in total. The summed E-state index contributed by atoms with van der Waals surface area (Å²) in [6.07, 6.45) is 0. The third-order valence-electron chi connectivity index (χ3n) is 4.39. The van der Waals surface area contributed by atoms with Gasteiger partial charge in [-0.05, 0) is 38.5 Å². The summed E-state index contributed by atoms with van der Waals surface area (Å²) in [4.78, 5) is 14.7. The smallest absolute Gasteiger partial charge is 0.251 e. The Hall–Kier alpha value is -1.40. The lowest BCUT2D eigenvalue weighted by atomic mass is 10.0. The Bertz CT molecular complexity index is 592. The van der Waals surface area contributed by atoms with Crippen LogP contribution in [-0.4, -0.2) is 58.8 Å². The average molecular weight is 338 g/mol. The number of benzene rings is 1. The van der Waals surface area contributed by atoms with Crippen LogP contribution in [0.15, 0.2) is 18.2 Å². The molecule has 0 radical (unpaired) electrons. The number of carbonyl (C=O) groups is 1. The summed E-state index contributed by atoms with van der Waals surface area (Å²) < 4.78 is 16.7. The summed E-state index contributed by atoms with van der Waals surface area (Å²) >= 11 is 0. The van der Waals surface area contributed by atoms with Crippen LogP contribution in [0.4, 0.5) is 0 Å². The first-order valence-electron chi connectivity index (χ1n) is 7.86. The molecule has 6 heteroatoms. The Morgan fingerprint density at radius 1 is 1.35 bits per heavy atom. The van der Waals surface area contributed by atoms with E-state index in [9.17, 15) is 9.00 Å². The van der Waals surface area contributed by atoms with Crippen LogP contribution in [0.3, 0.4) is 0 Å². The van der Waals surface area contributed by atoms with Gasteiger partial charge in [0.25, 0.3) is 5.91 Å². The van der Waals surface area contributed by atoms with Crippen molar-refractivity contribution in [1.82, 2.24) is 10.2 Å². The molecule has 0 aromatic heterocycles. The highest BCUT2D eigenvalue weighted by Gasteiger charge is 2.30. The van der Waals surface area contributed by atoms with Crippen LogP contribution in [0, 0.1) is 6.92 Å². The van der Waals surface area contributed by atoms with Crippen molar-refractivity contribution in [2.45, 2.75) is 26.3 Å². The molecule has 0 atom stereocenters. The van der Waals surface area contributed by atoms with Crippen molar-refractivity contribution >= 4 is 16.7 Å². The first kappa shape index (κ1) is 17.9. The number of aryl methyl sites for hydroxylation is 1. The van der Waals surface area contributed by atoms with Gasteiger partial charge in [0.2, 0.25) is 0 Å². The normalized spacial score (nSPS) is 17.0. The molecule has 1 heterocycles. The van der Waals surface area contributed by atoms with Gasteiger partial charge in [-0.2, -0.15) is 0 Å². The quantitative estimate of drug-likeness (QED) is 0.885. The second kappa shape index (κ2) is 7.45. The maximum atomic E-state index is 12.4. The van der Waals surface area contributed by atoms with E-state index in [4.69, 9.17) is 4.74 Å². The summed E-state index contributed by atoms with van der Waals surface area (Å²) in [5.74, 6) is 2.05. The second-order valence-electron chi connectivity index (χ2n) is 6.51. The molecule has 1 aromatic rings. The molecular weight excluding hydrogens is 312 g/mol. The van der Waals surface area contributed by atoms with Crippen LogP contribution in [-0.2, 0) is 10.8 Å². The zero-order valence-electron chi connectivity index (χ0n) is 14.3. The van der Waals surface area contributed by atoms with Crippen molar-refractivity contribution in [3.05, 3.63) is 29.3 Å². The molecule has 0 saturated carbocycles. The Kier molecular flexibility index (Phi) is 5.81. The number of ether oxygens (including phenoxy) is 1. The summed E-state index contributed by atoms with van der Waals surface area (Å²) in [5, 5.41) is 3.01. The lowest BCUT2D eigenvalue weighted by Crippen LogP contribution is -2.55. The number of hydrogen-bond acceptors (Lipinski definition) is 4. The number of amides is 1. The van der Waals surface area contributed by atoms with E-state index in [-0.39, 0.29) is 11.4 Å². The van der Waals surface area contributed by atoms with Gasteiger partial charge >= 0.3 is 0 Å². The van der Waals surface area contributed by atoms with Gasteiger partial charge in [-0.15, -0.1) is 0 Å². The van der Waals surface area contributed by atoms with Crippen molar-refractivity contribution in [1.29, 1.82) is 0 Å². The molecule has 1 fully saturated rings. The molecule has 0 unspecified atom stereocenters. The number of hydrogen-bond donors (Lipinski definition) is 1. The molecule has 1 amide bonds. The largest absolute Gasteiger partial charge is 0.496 e. The fraction of sp³-hybridized carbons (Fsp3) is 0.588. The van der Waals surface area contributed by atoms with Crippen molar-refractivity contribution in [2.24, 2.45) is 0 Å². The van der Waals surface area contributed by atoms with E-state index in [0.717, 1.165) is 24.4 Å². The molecular formula is C17H26N2O3S. The molecule has 1 saturated heterocycles. The van der Waals surface area contributed by atoms with Gasteiger partial charge in [0.15, 0.2) is 0 Å². The predicted octanol–water partition coefficient (Wildman–Crippen LogP) is 1.58. The average Bonchev–Trinajstić information content (AvgIpc) is 2.53. The minimum Gasteiger partial charge on any atom is -0.496 e. The third kappa shape index (κ3) is 4.54. The summed E-state index contributed by atoms with van der Waals surface area (Å²) in [6, 6.07) is 5.46. The van der Waals surface area contributed by atoms with E-state index in [1.807, 2.05) is 19.1 Å². The zero-order valence-corrected chi connectivity index (χ0v) is 15.2. The van der Waals surface area contributed by atoms with Gasteiger partial charge in [0.05, 0.1) is 7.11 Å². The highest BCUT2D eigenvalue weighted by Crippen LogP contribution is 2.20. The van der Waals surface area contributed by atoms with Crippen molar-refractivity contribution in [3.8, 4) is 5.75 Å². The number of nitrogens with one attached hydrogen (secondary N) is 1. The third-order valence-corrected chi connectivity index (χ3v) is 5.66. The predicted molar refractivity (Wildman–Crippen MR) is 93.6 cm³/mol. The molecule has 2 rings (SSSR count). The first-order valence-corrected chi connectivity index (χ1v) is 9.35. The van der Waals surface area contributed by atoms with Crippen LogP contribution in [0.5, 0.6) is 5.75 Å². The van der Waals surface area contributed by atoms with E-state index < -0.39 is 10.8 Å². The van der Waals surface area contributed by atoms with Crippen LogP contribution in [0.2, 0.25) is 0 Å². The molecule has 1 N–H and O–H groups in total. The lowest BCUT2D eigenvalue weighted by Gasteiger charge is -2.40. The lowest BCUT2D eigenvalue weighted by molar-refractivity contribution is 0.0883. The van der Waals surface area contributed by atoms with E-state index in [2.05, 4.69) is 24.1 Å². The minimum absolute atomic E-state index is 0.100. The minimum atomic E-state index is -0.687. The van der Waals surface area contributed by atoms with Gasteiger partial charge in [-0.3, -0.25) is 13.9 Å². The number of methoxy groups -OCH3 is 1. The summed E-state index contributed by atoms with van der Waals surface area (Å²) in [5.41, 5.74) is 1.45. The number of carbonyl (C=O) groups excluding carboxylic acids is 1. The topological polar surface area (TPSA) is 58.6 Å². The van der Waals surface area contributed by atoms with Crippen LogP contribution in [0.1, 0.15) is 29.8 Å². The van der Waals surface area contributed by atoms with Crippen LogP contribution < -0.4 is 10.1 Å². The number of rotatable bonds is 5. The van der Waals surface area contributed by atoms with Gasteiger partial charge in [0.1, 0.15) is 5.75 Å². The van der Waals surface area contributed by atoms with Crippen molar-refractivity contribution < 1.29 is 13.7 Å². The molecule has 1 aliphatic rings. The summed E-state index contributed by atoms with van der Waals surface area (Å²) in [6.45, 7) is 8.34.